The Morgan fingerprint density at radius 1 is 0.903 bits per heavy atom. The number of nitrogen functional groups attached to an aromatic ring is 1. The van der Waals surface area contributed by atoms with Gasteiger partial charge in [-0.15, -0.1) is 5.10 Å². The number of likely N-dealkylation sites (N-methyl/N-ethyl adjacent to an activating group) is 1. The summed E-state index contributed by atoms with van der Waals surface area (Å²) < 4.78 is 7.21. The lowest BCUT2D eigenvalue weighted by Crippen LogP contribution is -2.45. The van der Waals surface area contributed by atoms with Crippen LogP contribution in [0.3, 0.4) is 0 Å². The van der Waals surface area contributed by atoms with Crippen LogP contribution in [0.25, 0.3) is 5.78 Å². The van der Waals surface area contributed by atoms with Gasteiger partial charge in [-0.05, 0) is 43.4 Å². The van der Waals surface area contributed by atoms with E-state index in [0.29, 0.717) is 23.4 Å². The predicted octanol–water partition coefficient (Wildman–Crippen LogP) is 1.78. The third-order valence-corrected chi connectivity index (χ3v) is 5.00. The van der Waals surface area contributed by atoms with Gasteiger partial charge in [-0.3, -0.25) is 4.98 Å². The van der Waals surface area contributed by atoms with Gasteiger partial charge in [0.05, 0.1) is 0 Å². The van der Waals surface area contributed by atoms with Crippen molar-refractivity contribution in [2.24, 2.45) is 0 Å². The molecule has 11 nitrogen and oxygen atoms in total. The summed E-state index contributed by atoms with van der Waals surface area (Å²) in [5, 5.41) is 7.54. The molecule has 1 fully saturated rings. The van der Waals surface area contributed by atoms with E-state index in [1.807, 2.05) is 24.3 Å². The van der Waals surface area contributed by atoms with Crippen LogP contribution in [-0.4, -0.2) is 67.7 Å². The van der Waals surface area contributed by atoms with Crippen molar-refractivity contribution in [2.45, 2.75) is 0 Å². The molecule has 3 aromatic heterocycles. The molecule has 158 valence electrons. The van der Waals surface area contributed by atoms with Crippen molar-refractivity contribution >= 4 is 29.3 Å². The lowest BCUT2D eigenvalue weighted by atomic mass is 10.3. The molecule has 1 aliphatic heterocycles. The maximum atomic E-state index is 6.11. The zero-order valence-electron chi connectivity index (χ0n) is 17.0. The van der Waals surface area contributed by atoms with Gasteiger partial charge in [0.1, 0.15) is 11.5 Å². The van der Waals surface area contributed by atoms with E-state index in [1.54, 1.807) is 24.5 Å². The maximum Gasteiger partial charge on any atom is 0.260 e. The molecular formula is C20H22N10O. The van der Waals surface area contributed by atoms with Crippen LogP contribution < -0.4 is 20.7 Å². The smallest absolute Gasteiger partial charge is 0.260 e. The van der Waals surface area contributed by atoms with Crippen LogP contribution in [0.2, 0.25) is 0 Å². The SMILES string of the molecule is CN1CCN(c2nc(N)n3nc(Nc4ccc(Oc5ccncc5)cc4)nc3n2)CC1. The second kappa shape index (κ2) is 8.03. The van der Waals surface area contributed by atoms with Crippen LogP contribution in [-0.2, 0) is 0 Å². The number of pyridine rings is 1. The van der Waals surface area contributed by atoms with E-state index >= 15 is 0 Å². The van der Waals surface area contributed by atoms with Crippen LogP contribution in [0.15, 0.2) is 48.8 Å². The number of fused-ring (bicyclic) bond motifs is 1. The summed E-state index contributed by atoms with van der Waals surface area (Å²) in [6.07, 6.45) is 3.37. The Bertz CT molecular complexity index is 1170. The number of nitrogens with two attached hydrogens (primary N) is 1. The maximum absolute atomic E-state index is 6.11. The highest BCUT2D eigenvalue weighted by molar-refractivity contribution is 5.57. The summed E-state index contributed by atoms with van der Waals surface area (Å²) in [4.78, 5) is 21.8. The number of hydrogen-bond acceptors (Lipinski definition) is 10. The standard InChI is InChI=1S/C20H22N10O/c1-28-10-12-29(13-11-28)19-24-17(21)30-20(26-19)25-18(27-30)23-14-2-4-15(5-3-14)31-16-6-8-22-9-7-16/h2-9H,10-13H2,1H3,(H3,21,23,24,25,26,27). The summed E-state index contributed by atoms with van der Waals surface area (Å²) in [6.45, 7) is 3.60. The number of hydrogen-bond donors (Lipinski definition) is 2. The molecule has 0 bridgehead atoms. The van der Waals surface area contributed by atoms with Crippen molar-refractivity contribution in [2.75, 3.05) is 49.2 Å². The van der Waals surface area contributed by atoms with E-state index < -0.39 is 0 Å². The first-order valence-electron chi connectivity index (χ1n) is 9.93. The van der Waals surface area contributed by atoms with Crippen molar-refractivity contribution in [1.29, 1.82) is 0 Å². The number of benzene rings is 1. The molecule has 0 amide bonds. The first kappa shape index (κ1) is 19.0. The number of nitrogens with zero attached hydrogens (tertiary/aromatic N) is 8. The number of piperazine rings is 1. The van der Waals surface area contributed by atoms with E-state index in [9.17, 15) is 0 Å². The minimum atomic E-state index is 0.251. The molecule has 3 N–H and O–H groups in total. The lowest BCUT2D eigenvalue weighted by molar-refractivity contribution is 0.311. The van der Waals surface area contributed by atoms with Crippen LogP contribution in [0.1, 0.15) is 0 Å². The fourth-order valence-corrected chi connectivity index (χ4v) is 3.27. The van der Waals surface area contributed by atoms with Crippen molar-refractivity contribution in [3.8, 4) is 11.5 Å². The molecule has 4 heterocycles. The van der Waals surface area contributed by atoms with Crippen LogP contribution in [0.4, 0.5) is 23.5 Å². The van der Waals surface area contributed by atoms with E-state index in [4.69, 9.17) is 10.5 Å². The van der Waals surface area contributed by atoms with Gasteiger partial charge in [-0.1, -0.05) is 0 Å². The minimum absolute atomic E-state index is 0.251. The largest absolute Gasteiger partial charge is 0.457 e. The molecule has 1 saturated heterocycles. The van der Waals surface area contributed by atoms with Gasteiger partial charge in [-0.25, -0.2) is 0 Å². The highest BCUT2D eigenvalue weighted by atomic mass is 16.5. The molecule has 0 aliphatic carbocycles. The van der Waals surface area contributed by atoms with Crippen LogP contribution in [0, 0.1) is 0 Å². The summed E-state index contributed by atoms with van der Waals surface area (Å²) >= 11 is 0. The quantitative estimate of drug-likeness (QED) is 0.496. The monoisotopic (exact) mass is 418 g/mol. The van der Waals surface area contributed by atoms with Gasteiger partial charge in [0.2, 0.25) is 17.8 Å². The average Bonchev–Trinajstić information content (AvgIpc) is 3.19. The number of ether oxygens (including phenoxy) is 1. The van der Waals surface area contributed by atoms with E-state index in [1.165, 1.54) is 4.52 Å². The highest BCUT2D eigenvalue weighted by Gasteiger charge is 2.19. The van der Waals surface area contributed by atoms with E-state index in [-0.39, 0.29) is 5.95 Å². The fourth-order valence-electron chi connectivity index (χ4n) is 3.27. The van der Waals surface area contributed by atoms with Crippen molar-refractivity contribution in [1.82, 2.24) is 34.4 Å². The van der Waals surface area contributed by atoms with Gasteiger partial charge in [0.25, 0.3) is 5.78 Å². The molecule has 0 unspecified atom stereocenters. The molecule has 4 aromatic rings. The molecule has 0 saturated carbocycles. The Balaban J connectivity index is 1.32. The predicted molar refractivity (Wildman–Crippen MR) is 117 cm³/mol. The van der Waals surface area contributed by atoms with Gasteiger partial charge in [-0.2, -0.15) is 19.5 Å². The number of anilines is 4. The second-order valence-corrected chi connectivity index (χ2v) is 7.25. The topological polar surface area (TPSA) is 123 Å². The van der Waals surface area contributed by atoms with E-state index in [0.717, 1.165) is 37.6 Å². The number of nitrogens with one attached hydrogen (secondary N) is 1. The fraction of sp³-hybridized carbons (Fsp3) is 0.250. The second-order valence-electron chi connectivity index (χ2n) is 7.25. The molecule has 0 radical (unpaired) electrons. The Morgan fingerprint density at radius 2 is 1.61 bits per heavy atom. The average molecular weight is 418 g/mol. The lowest BCUT2D eigenvalue weighted by Gasteiger charge is -2.32. The van der Waals surface area contributed by atoms with Gasteiger partial charge in [0.15, 0.2) is 0 Å². The zero-order valence-corrected chi connectivity index (χ0v) is 17.0. The molecule has 11 heteroatoms. The van der Waals surface area contributed by atoms with Gasteiger partial charge < -0.3 is 25.6 Å². The number of rotatable bonds is 5. The summed E-state index contributed by atoms with van der Waals surface area (Å²) in [6, 6.07) is 11.1. The Kier molecular flexibility index (Phi) is 4.92. The van der Waals surface area contributed by atoms with Crippen molar-refractivity contribution in [3.05, 3.63) is 48.8 Å². The molecule has 1 aromatic carbocycles. The van der Waals surface area contributed by atoms with Crippen molar-refractivity contribution < 1.29 is 4.74 Å². The van der Waals surface area contributed by atoms with Crippen LogP contribution in [0.5, 0.6) is 11.5 Å². The van der Waals surface area contributed by atoms with Crippen molar-refractivity contribution in [3.63, 3.8) is 0 Å². The molecule has 0 spiro atoms. The normalized spacial score (nSPS) is 14.7. The summed E-state index contributed by atoms with van der Waals surface area (Å²) in [5.74, 6) is 3.06. The zero-order chi connectivity index (χ0) is 21.2. The minimum Gasteiger partial charge on any atom is -0.457 e. The Morgan fingerprint density at radius 3 is 2.35 bits per heavy atom. The van der Waals surface area contributed by atoms with Crippen LogP contribution >= 0.6 is 0 Å². The Hall–Kier alpha value is -3.99. The summed E-state index contributed by atoms with van der Waals surface area (Å²) in [7, 11) is 2.10. The Labute approximate surface area is 178 Å². The molecule has 1 aliphatic rings. The van der Waals surface area contributed by atoms with Gasteiger partial charge >= 0.3 is 0 Å². The highest BCUT2D eigenvalue weighted by Crippen LogP contribution is 2.24. The summed E-state index contributed by atoms with van der Waals surface area (Å²) in [5.41, 5.74) is 6.92. The molecule has 0 atom stereocenters. The molecule has 31 heavy (non-hydrogen) atoms. The molecular weight excluding hydrogens is 396 g/mol. The molecule has 5 rings (SSSR count). The first-order chi connectivity index (χ1) is 15.1. The van der Waals surface area contributed by atoms with E-state index in [2.05, 4.69) is 47.2 Å². The van der Waals surface area contributed by atoms with Gasteiger partial charge in [0, 0.05) is 44.3 Å². The third kappa shape index (κ3) is 4.16. The first-order valence-corrected chi connectivity index (χ1v) is 9.93. The third-order valence-electron chi connectivity index (χ3n) is 5.00. The number of aromatic nitrogens is 6.